The van der Waals surface area contributed by atoms with Gasteiger partial charge in [0, 0.05) is 29.0 Å². The van der Waals surface area contributed by atoms with E-state index in [4.69, 9.17) is 12.2 Å². The van der Waals surface area contributed by atoms with Crippen LogP contribution in [0.2, 0.25) is 0 Å². The maximum Gasteiger partial charge on any atom is 0.335 e. The van der Waals surface area contributed by atoms with Crippen LogP contribution in [0.5, 0.6) is 0 Å². The van der Waals surface area contributed by atoms with Crippen LogP contribution in [0.4, 0.5) is 5.69 Å². The Morgan fingerprint density at radius 2 is 1.70 bits per heavy atom. The smallest absolute Gasteiger partial charge is 0.335 e. The summed E-state index contributed by atoms with van der Waals surface area (Å²) in [6.45, 7) is 10.3. The molecule has 1 saturated heterocycles. The van der Waals surface area contributed by atoms with Crippen LogP contribution in [0.1, 0.15) is 61.8 Å². The summed E-state index contributed by atoms with van der Waals surface area (Å²) in [5.41, 5.74) is 9.59. The lowest BCUT2D eigenvalue weighted by atomic mass is 9.96. The fourth-order valence-electron chi connectivity index (χ4n) is 5.48. The predicted molar refractivity (Wildman–Crippen MR) is 151 cm³/mol. The van der Waals surface area contributed by atoms with Crippen LogP contribution in [0.15, 0.2) is 66.9 Å². The molecule has 2 atom stereocenters. The van der Waals surface area contributed by atoms with Gasteiger partial charge in [0.25, 0.3) is 0 Å². The van der Waals surface area contributed by atoms with E-state index in [0.717, 1.165) is 39.6 Å². The number of aryl methyl sites for hydroxylation is 4. The first-order chi connectivity index (χ1) is 17.7. The van der Waals surface area contributed by atoms with Crippen molar-refractivity contribution in [2.24, 2.45) is 0 Å². The fourth-order valence-corrected chi connectivity index (χ4v) is 5.83. The Hall–Kier alpha value is -3.97. The van der Waals surface area contributed by atoms with Crippen LogP contribution in [0.3, 0.4) is 0 Å². The maximum absolute atomic E-state index is 11.7. The molecule has 5 rings (SSSR count). The minimum atomic E-state index is -0.939. The average Bonchev–Trinajstić information content (AvgIpc) is 3.34. The number of anilines is 1. The number of thiocarbonyl (C=S) groups is 1. The molecule has 1 fully saturated rings. The lowest BCUT2D eigenvalue weighted by Crippen LogP contribution is -2.29. The number of carboxylic acid groups (broad SMARTS) is 1. The normalized spacial score (nSPS) is 17.2. The van der Waals surface area contributed by atoms with Crippen molar-refractivity contribution in [2.45, 2.75) is 46.7 Å². The highest BCUT2D eigenvalue weighted by atomic mass is 32.1. The third kappa shape index (κ3) is 4.40. The molecule has 4 aromatic rings. The molecular weight excluding hydrogens is 480 g/mol. The van der Waals surface area contributed by atoms with Crippen LogP contribution in [0, 0.1) is 34.6 Å². The van der Waals surface area contributed by atoms with Crippen molar-refractivity contribution < 1.29 is 9.90 Å². The number of nitrogens with zero attached hydrogens (tertiary/aromatic N) is 3. The van der Waals surface area contributed by atoms with Crippen LogP contribution in [0.25, 0.3) is 5.69 Å². The fraction of sp³-hybridized carbons (Fsp3) is 0.233. The Balaban J connectivity index is 1.72. The van der Waals surface area contributed by atoms with E-state index >= 15 is 0 Å². The van der Waals surface area contributed by atoms with E-state index in [1.807, 2.05) is 31.2 Å². The number of nitrogens with one attached hydrogen (secondary N) is 1. The molecule has 1 aliphatic rings. The third-order valence-electron chi connectivity index (χ3n) is 7.07. The van der Waals surface area contributed by atoms with Gasteiger partial charge in [-0.1, -0.05) is 18.2 Å². The van der Waals surface area contributed by atoms with Crippen LogP contribution < -0.4 is 10.2 Å². The summed E-state index contributed by atoms with van der Waals surface area (Å²) in [6.07, 6.45) is 1.81. The first-order valence-corrected chi connectivity index (χ1v) is 12.7. The molecule has 0 spiro atoms. The lowest BCUT2D eigenvalue weighted by Gasteiger charge is -2.29. The Labute approximate surface area is 222 Å². The van der Waals surface area contributed by atoms with Crippen molar-refractivity contribution in [3.05, 3.63) is 112 Å². The number of carbonyl (C=O) groups is 1. The molecule has 0 aliphatic carbocycles. The van der Waals surface area contributed by atoms with Gasteiger partial charge in [0.2, 0.25) is 0 Å². The molecule has 2 unspecified atom stereocenters. The number of aromatic nitrogens is 2. The van der Waals surface area contributed by atoms with Gasteiger partial charge in [-0.15, -0.1) is 0 Å². The van der Waals surface area contributed by atoms with E-state index in [-0.39, 0.29) is 17.6 Å². The zero-order chi connectivity index (χ0) is 26.4. The monoisotopic (exact) mass is 510 g/mol. The number of pyridine rings is 1. The van der Waals surface area contributed by atoms with Gasteiger partial charge in [0.15, 0.2) is 5.11 Å². The molecule has 0 saturated carbocycles. The summed E-state index contributed by atoms with van der Waals surface area (Å²) < 4.78 is 2.15. The molecule has 2 aromatic carbocycles. The second kappa shape index (κ2) is 9.48. The molecule has 7 heteroatoms. The molecule has 1 aliphatic heterocycles. The first-order valence-electron chi connectivity index (χ1n) is 12.3. The number of aromatic carboxylic acids is 1. The zero-order valence-electron chi connectivity index (χ0n) is 21.6. The number of carboxylic acids is 1. The minimum absolute atomic E-state index is 0.147. The molecule has 0 amide bonds. The summed E-state index contributed by atoms with van der Waals surface area (Å²) in [5, 5.41) is 13.8. The SMILES string of the molecule is Cc1cc(C)cc(N2C(=S)NC(c3ccccn3)C2c2cc(C)n(-c3cc(C(=O)O)ccc3C)c2C)c1. The van der Waals surface area contributed by atoms with Gasteiger partial charge in [-0.25, -0.2) is 4.79 Å². The van der Waals surface area contributed by atoms with Gasteiger partial charge in [0.05, 0.1) is 23.3 Å². The van der Waals surface area contributed by atoms with E-state index in [2.05, 4.69) is 71.7 Å². The van der Waals surface area contributed by atoms with Crippen molar-refractivity contribution in [3.8, 4) is 5.69 Å². The van der Waals surface area contributed by atoms with Gasteiger partial charge in [0.1, 0.15) is 0 Å². The van der Waals surface area contributed by atoms with Gasteiger partial charge < -0.3 is 19.9 Å². The van der Waals surface area contributed by atoms with Gasteiger partial charge in [-0.3, -0.25) is 4.98 Å². The van der Waals surface area contributed by atoms with Crippen LogP contribution in [-0.4, -0.2) is 25.7 Å². The van der Waals surface area contributed by atoms with Crippen molar-refractivity contribution in [1.82, 2.24) is 14.9 Å². The second-order valence-corrected chi connectivity index (χ2v) is 10.2. The van der Waals surface area contributed by atoms with Gasteiger partial charge in [-0.2, -0.15) is 0 Å². The zero-order valence-corrected chi connectivity index (χ0v) is 22.4. The molecule has 188 valence electrons. The predicted octanol–water partition coefficient (Wildman–Crippen LogP) is 6.29. The second-order valence-electron chi connectivity index (χ2n) is 9.81. The minimum Gasteiger partial charge on any atom is -0.478 e. The van der Waals surface area contributed by atoms with Crippen LogP contribution in [-0.2, 0) is 0 Å². The molecule has 37 heavy (non-hydrogen) atoms. The van der Waals surface area contributed by atoms with Gasteiger partial charge >= 0.3 is 5.97 Å². The van der Waals surface area contributed by atoms with E-state index < -0.39 is 5.97 Å². The average molecular weight is 511 g/mol. The van der Waals surface area contributed by atoms with Crippen molar-refractivity contribution in [3.63, 3.8) is 0 Å². The standard InChI is InChI=1S/C30H30N4O2S/c1-17-12-18(2)14-23(13-17)34-28(27(32-30(34)37)25-8-6-7-11-31-25)24-15-20(4)33(21(24)5)26-16-22(29(35)36)10-9-19(26)3/h6-16,27-28H,1-5H3,(H,32,37)(H,35,36). The highest BCUT2D eigenvalue weighted by molar-refractivity contribution is 7.80. The van der Waals surface area contributed by atoms with Crippen molar-refractivity contribution >= 4 is 29.0 Å². The number of benzene rings is 2. The highest BCUT2D eigenvalue weighted by Gasteiger charge is 2.42. The molecule has 6 nitrogen and oxygen atoms in total. The Kier molecular flexibility index (Phi) is 6.33. The Morgan fingerprint density at radius 1 is 0.973 bits per heavy atom. The molecule has 3 heterocycles. The van der Waals surface area contributed by atoms with E-state index in [1.165, 1.54) is 11.1 Å². The lowest BCUT2D eigenvalue weighted by molar-refractivity contribution is 0.0697. The summed E-state index contributed by atoms with van der Waals surface area (Å²) >= 11 is 5.92. The quantitative estimate of drug-likeness (QED) is 0.308. The third-order valence-corrected chi connectivity index (χ3v) is 7.38. The molecular formula is C30H30N4O2S. The molecule has 2 N–H and O–H groups in total. The maximum atomic E-state index is 11.7. The topological polar surface area (TPSA) is 70.4 Å². The molecule has 0 radical (unpaired) electrons. The summed E-state index contributed by atoms with van der Waals surface area (Å²) in [6, 6.07) is 19.6. The van der Waals surface area contributed by atoms with Crippen molar-refractivity contribution in [2.75, 3.05) is 4.90 Å². The first kappa shape index (κ1) is 24.7. The van der Waals surface area contributed by atoms with Crippen molar-refractivity contribution in [1.29, 1.82) is 0 Å². The highest BCUT2D eigenvalue weighted by Crippen LogP contribution is 2.44. The molecule has 0 bridgehead atoms. The number of rotatable bonds is 5. The van der Waals surface area contributed by atoms with Gasteiger partial charge in [-0.05, 0) is 112 Å². The van der Waals surface area contributed by atoms with E-state index in [9.17, 15) is 9.90 Å². The Morgan fingerprint density at radius 3 is 2.35 bits per heavy atom. The summed E-state index contributed by atoms with van der Waals surface area (Å²) in [4.78, 5) is 18.6. The molecule has 2 aromatic heterocycles. The Bertz CT molecular complexity index is 1510. The summed E-state index contributed by atoms with van der Waals surface area (Å²) in [7, 11) is 0. The number of hydrogen-bond acceptors (Lipinski definition) is 3. The van der Waals surface area contributed by atoms with E-state index in [0.29, 0.717) is 5.11 Å². The van der Waals surface area contributed by atoms with Crippen LogP contribution >= 0.6 is 12.2 Å². The summed E-state index contributed by atoms with van der Waals surface area (Å²) in [5.74, 6) is -0.939. The van der Waals surface area contributed by atoms with E-state index in [1.54, 1.807) is 18.3 Å². The number of hydrogen-bond donors (Lipinski definition) is 2. The largest absolute Gasteiger partial charge is 0.478 e.